The van der Waals surface area contributed by atoms with Crippen molar-refractivity contribution in [2.45, 2.75) is 13.0 Å². The first kappa shape index (κ1) is 16.5. The largest absolute Gasteiger partial charge is 0.383 e. The van der Waals surface area contributed by atoms with Crippen LogP contribution in [0, 0.1) is 11.6 Å². The lowest BCUT2D eigenvalue weighted by Gasteiger charge is -2.08. The van der Waals surface area contributed by atoms with Crippen molar-refractivity contribution in [1.29, 1.82) is 0 Å². The fourth-order valence-electron chi connectivity index (χ4n) is 1.59. The van der Waals surface area contributed by atoms with Crippen LogP contribution in [0.15, 0.2) is 16.6 Å². The van der Waals surface area contributed by atoms with Crippen LogP contribution >= 0.6 is 15.9 Å². The number of methoxy groups -OCH3 is 1. The summed E-state index contributed by atoms with van der Waals surface area (Å²) < 4.78 is 32.3. The maximum Gasteiger partial charge on any atom is 0.131 e. The third-order valence-electron chi connectivity index (χ3n) is 2.60. The second kappa shape index (κ2) is 9.36. The molecular formula is C13H19BrF2N2O. The van der Waals surface area contributed by atoms with E-state index in [-0.39, 0.29) is 12.1 Å². The van der Waals surface area contributed by atoms with Gasteiger partial charge in [-0.05, 0) is 31.6 Å². The van der Waals surface area contributed by atoms with E-state index in [0.717, 1.165) is 19.5 Å². The van der Waals surface area contributed by atoms with Crippen molar-refractivity contribution in [2.75, 3.05) is 33.4 Å². The summed E-state index contributed by atoms with van der Waals surface area (Å²) in [6.07, 6.45) is 0.892. The van der Waals surface area contributed by atoms with Gasteiger partial charge in [0, 0.05) is 30.2 Å². The molecule has 6 heteroatoms. The van der Waals surface area contributed by atoms with Gasteiger partial charge in [0.05, 0.1) is 6.61 Å². The van der Waals surface area contributed by atoms with Crippen molar-refractivity contribution in [1.82, 2.24) is 10.6 Å². The number of benzene rings is 1. The van der Waals surface area contributed by atoms with Gasteiger partial charge in [0.2, 0.25) is 0 Å². The second-order valence-electron chi connectivity index (χ2n) is 4.12. The molecule has 1 rings (SSSR count). The fourth-order valence-corrected chi connectivity index (χ4v) is 1.99. The van der Waals surface area contributed by atoms with Crippen LogP contribution in [0.1, 0.15) is 12.0 Å². The summed E-state index contributed by atoms with van der Waals surface area (Å²) in [5.74, 6) is -1.06. The molecule has 2 N–H and O–H groups in total. The smallest absolute Gasteiger partial charge is 0.131 e. The summed E-state index contributed by atoms with van der Waals surface area (Å²) in [6, 6.07) is 2.54. The molecule has 0 saturated heterocycles. The monoisotopic (exact) mass is 336 g/mol. The summed E-state index contributed by atoms with van der Waals surface area (Å²) in [5, 5.41) is 6.22. The van der Waals surface area contributed by atoms with Gasteiger partial charge in [0.15, 0.2) is 0 Å². The van der Waals surface area contributed by atoms with Crippen LogP contribution in [-0.2, 0) is 11.3 Å². The maximum absolute atomic E-state index is 13.5. The van der Waals surface area contributed by atoms with Crippen LogP contribution in [0.5, 0.6) is 0 Å². The predicted octanol–water partition coefficient (Wildman–Crippen LogP) is 2.44. The highest BCUT2D eigenvalue weighted by atomic mass is 79.9. The van der Waals surface area contributed by atoms with E-state index in [9.17, 15) is 8.78 Å². The van der Waals surface area contributed by atoms with Crippen LogP contribution in [0.2, 0.25) is 0 Å². The molecule has 0 aliphatic heterocycles. The molecule has 0 bridgehead atoms. The minimum atomic E-state index is -0.530. The molecule has 1 aromatic carbocycles. The Morgan fingerprint density at radius 3 is 2.37 bits per heavy atom. The molecule has 0 heterocycles. The lowest BCUT2D eigenvalue weighted by atomic mass is 10.2. The lowest BCUT2D eigenvalue weighted by Crippen LogP contribution is -2.24. The zero-order chi connectivity index (χ0) is 14.1. The lowest BCUT2D eigenvalue weighted by molar-refractivity contribution is 0.199. The van der Waals surface area contributed by atoms with Crippen LogP contribution in [0.4, 0.5) is 8.78 Å². The summed E-state index contributed by atoms with van der Waals surface area (Å²) in [4.78, 5) is 0. The van der Waals surface area contributed by atoms with E-state index in [2.05, 4.69) is 26.6 Å². The number of hydrogen-bond acceptors (Lipinski definition) is 3. The van der Waals surface area contributed by atoms with Crippen molar-refractivity contribution in [3.8, 4) is 0 Å². The minimum Gasteiger partial charge on any atom is -0.383 e. The Bertz CT molecular complexity index is 368. The second-order valence-corrected chi connectivity index (χ2v) is 5.04. The molecule has 0 atom stereocenters. The van der Waals surface area contributed by atoms with Crippen LogP contribution in [0.3, 0.4) is 0 Å². The van der Waals surface area contributed by atoms with Crippen molar-refractivity contribution >= 4 is 15.9 Å². The van der Waals surface area contributed by atoms with E-state index in [0.29, 0.717) is 17.6 Å². The van der Waals surface area contributed by atoms with Gasteiger partial charge < -0.3 is 15.4 Å². The number of nitrogens with one attached hydrogen (secondary N) is 2. The summed E-state index contributed by atoms with van der Waals surface area (Å²) in [5.41, 5.74) is 0.0792. The Morgan fingerprint density at radius 1 is 1.11 bits per heavy atom. The molecule has 0 saturated carbocycles. The Balaban J connectivity index is 2.19. The molecule has 0 aliphatic carbocycles. The number of hydrogen-bond donors (Lipinski definition) is 2. The average molecular weight is 337 g/mol. The third-order valence-corrected chi connectivity index (χ3v) is 3.06. The molecule has 0 radical (unpaired) electrons. The van der Waals surface area contributed by atoms with Gasteiger partial charge in [-0.3, -0.25) is 0 Å². The minimum absolute atomic E-state index is 0.0792. The van der Waals surface area contributed by atoms with E-state index in [1.54, 1.807) is 7.11 Å². The number of halogens is 3. The highest BCUT2D eigenvalue weighted by Gasteiger charge is 2.09. The molecule has 1 aromatic rings. The molecule has 0 aromatic heterocycles. The van der Waals surface area contributed by atoms with Crippen molar-refractivity contribution in [3.63, 3.8) is 0 Å². The maximum atomic E-state index is 13.5. The molecule has 108 valence electrons. The van der Waals surface area contributed by atoms with Gasteiger partial charge in [-0.25, -0.2) is 8.78 Å². The summed E-state index contributed by atoms with van der Waals surface area (Å²) in [7, 11) is 1.66. The highest BCUT2D eigenvalue weighted by Crippen LogP contribution is 2.19. The average Bonchev–Trinajstić information content (AvgIpc) is 2.35. The van der Waals surface area contributed by atoms with Gasteiger partial charge in [-0.15, -0.1) is 0 Å². The Kier molecular flexibility index (Phi) is 8.13. The molecule has 0 amide bonds. The fraction of sp³-hybridized carbons (Fsp3) is 0.538. The Morgan fingerprint density at radius 2 is 1.74 bits per heavy atom. The quantitative estimate of drug-likeness (QED) is 0.679. The molecule has 3 nitrogen and oxygen atoms in total. The predicted molar refractivity (Wildman–Crippen MR) is 75.1 cm³/mol. The van der Waals surface area contributed by atoms with Gasteiger partial charge in [-0.2, -0.15) is 0 Å². The number of ether oxygens (including phenoxy) is 1. The molecular weight excluding hydrogens is 318 g/mol. The topological polar surface area (TPSA) is 33.3 Å². The highest BCUT2D eigenvalue weighted by molar-refractivity contribution is 9.10. The first-order chi connectivity index (χ1) is 9.15. The van der Waals surface area contributed by atoms with E-state index in [1.807, 2.05) is 0 Å². The molecule has 0 fully saturated rings. The zero-order valence-electron chi connectivity index (χ0n) is 10.9. The van der Waals surface area contributed by atoms with Gasteiger partial charge in [0.1, 0.15) is 11.6 Å². The van der Waals surface area contributed by atoms with Gasteiger partial charge in [0.25, 0.3) is 0 Å². The van der Waals surface area contributed by atoms with E-state index in [4.69, 9.17) is 4.74 Å². The molecule has 0 spiro atoms. The van der Waals surface area contributed by atoms with Crippen molar-refractivity contribution in [2.24, 2.45) is 0 Å². The van der Waals surface area contributed by atoms with Gasteiger partial charge in [-0.1, -0.05) is 15.9 Å². The van der Waals surface area contributed by atoms with Crippen molar-refractivity contribution < 1.29 is 13.5 Å². The zero-order valence-corrected chi connectivity index (χ0v) is 12.5. The van der Waals surface area contributed by atoms with E-state index >= 15 is 0 Å². The van der Waals surface area contributed by atoms with Gasteiger partial charge >= 0.3 is 0 Å². The van der Waals surface area contributed by atoms with Crippen LogP contribution in [0.25, 0.3) is 0 Å². The van der Waals surface area contributed by atoms with Crippen LogP contribution in [-0.4, -0.2) is 33.4 Å². The SMILES string of the molecule is COCCNCCCNCc1c(F)cc(Br)cc1F. The normalized spacial score (nSPS) is 10.9. The third kappa shape index (κ3) is 6.42. The standard InChI is InChI=1S/C13H19BrF2N2O/c1-19-6-5-17-3-2-4-18-9-11-12(15)7-10(14)8-13(11)16/h7-8,17-18H,2-6,9H2,1H3. The molecule has 0 unspecified atom stereocenters. The summed E-state index contributed by atoms with van der Waals surface area (Å²) >= 11 is 3.05. The Labute approximate surface area is 120 Å². The van der Waals surface area contributed by atoms with Crippen molar-refractivity contribution in [3.05, 3.63) is 33.8 Å². The van der Waals surface area contributed by atoms with Crippen LogP contribution < -0.4 is 10.6 Å². The first-order valence-corrected chi connectivity index (χ1v) is 6.98. The number of rotatable bonds is 9. The first-order valence-electron chi connectivity index (χ1n) is 6.19. The molecule has 0 aliphatic rings. The molecule has 19 heavy (non-hydrogen) atoms. The van der Waals surface area contributed by atoms with E-state index in [1.165, 1.54) is 12.1 Å². The van der Waals surface area contributed by atoms with E-state index < -0.39 is 11.6 Å². The Hall–Kier alpha value is -0.560. The summed E-state index contributed by atoms with van der Waals surface area (Å²) in [6.45, 7) is 3.24.